The summed E-state index contributed by atoms with van der Waals surface area (Å²) < 4.78 is 20.0. The van der Waals surface area contributed by atoms with Crippen LogP contribution in [0.3, 0.4) is 0 Å². The molecule has 1 fully saturated rings. The number of hydrogen-bond acceptors (Lipinski definition) is 8. The number of fused-ring (bicyclic) bond motifs is 1. The minimum absolute atomic E-state index is 0.00969. The van der Waals surface area contributed by atoms with Gasteiger partial charge in [-0.05, 0) is 40.5 Å². The van der Waals surface area contributed by atoms with Crippen LogP contribution in [0.2, 0.25) is 0 Å². The zero-order chi connectivity index (χ0) is 26.2. The number of nitrogens with zero attached hydrogens (tertiary/aromatic N) is 6. The summed E-state index contributed by atoms with van der Waals surface area (Å²) in [6.07, 6.45) is 1.36. The number of methoxy groups -OCH3 is 1. The van der Waals surface area contributed by atoms with Gasteiger partial charge in [0.05, 0.1) is 23.5 Å². The fourth-order valence-electron chi connectivity index (χ4n) is 5.21. The standard InChI is InChI=1S/C24H38FN9O2/c1-7-17-18(25)21(29-22(26)27-17)28-20-16-13-34(24(4,5)19(16)30-31-20)23(35)33-12-14(2)32(11-15(33)3)9-8-10-36-6/h14-15H,7-13H2,1-6H3,(H4,26,27,28,29,30,31)/t14-,15+/m1/s1. The Kier molecular flexibility index (Phi) is 7.37. The largest absolute Gasteiger partial charge is 0.385 e. The van der Waals surface area contributed by atoms with Crippen LogP contribution in [-0.2, 0) is 23.2 Å². The smallest absolute Gasteiger partial charge is 0.321 e. The van der Waals surface area contributed by atoms with Crippen LogP contribution in [0.5, 0.6) is 0 Å². The van der Waals surface area contributed by atoms with Crippen LogP contribution in [0.4, 0.5) is 26.8 Å². The van der Waals surface area contributed by atoms with Crippen molar-refractivity contribution in [1.82, 2.24) is 34.9 Å². The fraction of sp³-hybridized carbons (Fsp3) is 0.667. The van der Waals surface area contributed by atoms with Crippen molar-refractivity contribution < 1.29 is 13.9 Å². The quantitative estimate of drug-likeness (QED) is 0.492. The van der Waals surface area contributed by atoms with Gasteiger partial charge in [-0.1, -0.05) is 6.92 Å². The van der Waals surface area contributed by atoms with E-state index in [1.54, 1.807) is 14.0 Å². The second-order valence-corrected chi connectivity index (χ2v) is 10.2. The lowest BCUT2D eigenvalue weighted by molar-refractivity contribution is 0.0315. The van der Waals surface area contributed by atoms with Gasteiger partial charge in [-0.25, -0.2) is 14.2 Å². The number of aromatic nitrogens is 4. The predicted molar refractivity (Wildman–Crippen MR) is 135 cm³/mol. The van der Waals surface area contributed by atoms with E-state index in [0.717, 1.165) is 37.4 Å². The molecular weight excluding hydrogens is 465 g/mol. The van der Waals surface area contributed by atoms with Gasteiger partial charge in [0.1, 0.15) is 0 Å². The average Bonchev–Trinajstić information content (AvgIpc) is 3.35. The van der Waals surface area contributed by atoms with E-state index in [4.69, 9.17) is 10.5 Å². The van der Waals surface area contributed by atoms with E-state index in [1.807, 2.05) is 23.6 Å². The number of nitrogens with one attached hydrogen (secondary N) is 2. The number of urea groups is 1. The molecule has 1 saturated heterocycles. The van der Waals surface area contributed by atoms with Crippen molar-refractivity contribution in [3.05, 3.63) is 22.8 Å². The van der Waals surface area contributed by atoms with Crippen LogP contribution in [0.15, 0.2) is 0 Å². The van der Waals surface area contributed by atoms with Crippen molar-refractivity contribution in [2.75, 3.05) is 44.4 Å². The van der Waals surface area contributed by atoms with Gasteiger partial charge in [-0.15, -0.1) is 0 Å². The van der Waals surface area contributed by atoms with Crippen LogP contribution < -0.4 is 11.1 Å². The molecule has 4 rings (SSSR count). The summed E-state index contributed by atoms with van der Waals surface area (Å²) in [5.74, 6) is -0.163. The number of carbonyl (C=O) groups excluding carboxylic acids is 1. The molecule has 0 aliphatic carbocycles. The Labute approximate surface area is 211 Å². The topological polar surface area (TPSA) is 129 Å². The van der Waals surface area contributed by atoms with E-state index in [1.165, 1.54) is 0 Å². The second kappa shape index (κ2) is 10.2. The summed E-state index contributed by atoms with van der Waals surface area (Å²) in [5, 5.41) is 10.4. The normalized spacial score (nSPS) is 21.6. The highest BCUT2D eigenvalue weighted by atomic mass is 19.1. The molecule has 0 bridgehead atoms. The van der Waals surface area contributed by atoms with Crippen LogP contribution >= 0.6 is 0 Å². The van der Waals surface area contributed by atoms with Gasteiger partial charge in [0.2, 0.25) is 5.95 Å². The lowest BCUT2D eigenvalue weighted by Crippen LogP contribution is -2.61. The number of ether oxygens (including phenoxy) is 1. The molecule has 2 amide bonds. The molecule has 11 nitrogen and oxygen atoms in total. The fourth-order valence-corrected chi connectivity index (χ4v) is 5.21. The molecule has 12 heteroatoms. The monoisotopic (exact) mass is 503 g/mol. The van der Waals surface area contributed by atoms with Gasteiger partial charge in [0, 0.05) is 51.0 Å². The van der Waals surface area contributed by atoms with Crippen molar-refractivity contribution in [1.29, 1.82) is 0 Å². The maximum Gasteiger partial charge on any atom is 0.321 e. The van der Waals surface area contributed by atoms with Gasteiger partial charge in [0.15, 0.2) is 17.5 Å². The molecule has 2 aromatic rings. The Hall–Kier alpha value is -2.99. The number of halogens is 1. The molecule has 0 saturated carbocycles. The Bertz CT molecular complexity index is 1110. The minimum atomic E-state index is -0.615. The number of nitrogens with two attached hydrogens (primary N) is 1. The number of aromatic amines is 1. The van der Waals surface area contributed by atoms with Crippen molar-refractivity contribution in [2.24, 2.45) is 0 Å². The third kappa shape index (κ3) is 4.71. The van der Waals surface area contributed by atoms with Gasteiger partial charge < -0.3 is 25.6 Å². The number of nitrogen functional groups attached to an aromatic ring is 1. The summed E-state index contributed by atoms with van der Waals surface area (Å²) in [6.45, 7) is 13.5. The maximum absolute atomic E-state index is 14.8. The molecule has 4 N–H and O–H groups in total. The molecule has 0 aromatic carbocycles. The van der Waals surface area contributed by atoms with Crippen molar-refractivity contribution in [3.63, 3.8) is 0 Å². The van der Waals surface area contributed by atoms with Gasteiger partial charge in [-0.2, -0.15) is 10.1 Å². The zero-order valence-corrected chi connectivity index (χ0v) is 22.1. The number of H-pyrrole nitrogens is 1. The first-order valence-electron chi connectivity index (χ1n) is 12.6. The van der Waals surface area contributed by atoms with E-state index in [2.05, 4.69) is 44.2 Å². The molecule has 2 aromatic heterocycles. The van der Waals surface area contributed by atoms with E-state index >= 15 is 0 Å². The number of aryl methyl sites for hydroxylation is 1. The van der Waals surface area contributed by atoms with E-state index < -0.39 is 11.4 Å². The third-order valence-corrected chi connectivity index (χ3v) is 7.36. The maximum atomic E-state index is 14.8. The van der Waals surface area contributed by atoms with E-state index in [-0.39, 0.29) is 35.6 Å². The molecule has 0 unspecified atom stereocenters. The Morgan fingerprint density at radius 1 is 1.25 bits per heavy atom. The van der Waals surface area contributed by atoms with Gasteiger partial charge in [0.25, 0.3) is 0 Å². The first-order chi connectivity index (χ1) is 17.1. The number of rotatable bonds is 7. The molecular formula is C24H38FN9O2. The van der Waals surface area contributed by atoms with Crippen LogP contribution in [0, 0.1) is 5.82 Å². The first-order valence-corrected chi connectivity index (χ1v) is 12.6. The lowest BCUT2D eigenvalue weighted by atomic mass is 10.0. The predicted octanol–water partition coefficient (Wildman–Crippen LogP) is 2.83. The molecule has 2 atom stereocenters. The van der Waals surface area contributed by atoms with Crippen molar-refractivity contribution in [3.8, 4) is 0 Å². The molecule has 0 spiro atoms. The van der Waals surface area contributed by atoms with E-state index in [9.17, 15) is 9.18 Å². The van der Waals surface area contributed by atoms with Crippen molar-refractivity contribution in [2.45, 2.75) is 71.6 Å². The second-order valence-electron chi connectivity index (χ2n) is 10.2. The average molecular weight is 504 g/mol. The number of piperazine rings is 1. The molecule has 4 heterocycles. The zero-order valence-electron chi connectivity index (χ0n) is 22.1. The summed E-state index contributed by atoms with van der Waals surface area (Å²) in [5.41, 5.74) is 7.02. The lowest BCUT2D eigenvalue weighted by Gasteiger charge is -2.46. The molecule has 36 heavy (non-hydrogen) atoms. The van der Waals surface area contributed by atoms with Gasteiger partial charge >= 0.3 is 6.03 Å². The highest BCUT2D eigenvalue weighted by Gasteiger charge is 2.46. The summed E-state index contributed by atoms with van der Waals surface area (Å²) in [7, 11) is 1.72. The highest BCUT2D eigenvalue weighted by Crippen LogP contribution is 2.42. The number of amides is 2. The summed E-state index contributed by atoms with van der Waals surface area (Å²) in [6, 6.07) is 0.313. The first kappa shape index (κ1) is 26.1. The van der Waals surface area contributed by atoms with Crippen molar-refractivity contribution >= 4 is 23.6 Å². The SMILES string of the molecule is CCc1nc(N)nc(Nc2n[nH]c3c2CN(C(=O)N2C[C@@H](C)N(CCCOC)C[C@@H]2C)C3(C)C)c1F. The Balaban J connectivity index is 1.51. The van der Waals surface area contributed by atoms with Crippen LogP contribution in [-0.4, -0.2) is 86.3 Å². The van der Waals surface area contributed by atoms with E-state index in [0.29, 0.717) is 25.3 Å². The number of carbonyl (C=O) groups is 1. The summed E-state index contributed by atoms with van der Waals surface area (Å²) >= 11 is 0. The number of anilines is 3. The Morgan fingerprint density at radius 3 is 2.69 bits per heavy atom. The highest BCUT2D eigenvalue weighted by molar-refractivity contribution is 5.78. The van der Waals surface area contributed by atoms with Gasteiger partial charge in [-0.3, -0.25) is 10.00 Å². The Morgan fingerprint density at radius 2 is 2.00 bits per heavy atom. The van der Waals surface area contributed by atoms with Crippen LogP contribution in [0.1, 0.15) is 58.0 Å². The third-order valence-electron chi connectivity index (χ3n) is 7.36. The molecule has 0 radical (unpaired) electrons. The minimum Gasteiger partial charge on any atom is -0.385 e. The number of hydrogen-bond donors (Lipinski definition) is 3. The molecule has 2 aliphatic heterocycles. The summed E-state index contributed by atoms with van der Waals surface area (Å²) in [4.78, 5) is 28.0. The molecule has 198 valence electrons. The molecule has 2 aliphatic rings. The van der Waals surface area contributed by atoms with Crippen LogP contribution in [0.25, 0.3) is 0 Å².